The first-order valence-electron chi connectivity index (χ1n) is 4.35. The molecule has 0 spiro atoms. The fourth-order valence-corrected chi connectivity index (χ4v) is 1.31. The molecule has 3 nitrogen and oxygen atoms in total. The van der Waals surface area contributed by atoms with E-state index in [0.717, 1.165) is 17.0 Å². The van der Waals surface area contributed by atoms with Crippen molar-refractivity contribution in [2.24, 2.45) is 0 Å². The number of rotatable bonds is 4. The molecule has 1 atom stereocenters. The molecule has 1 aromatic heterocycles. The molecule has 0 aromatic carbocycles. The quantitative estimate of drug-likeness (QED) is 0.845. The van der Waals surface area contributed by atoms with Crippen LogP contribution in [0.15, 0.2) is 4.52 Å². The van der Waals surface area contributed by atoms with Gasteiger partial charge in [-0.05, 0) is 20.9 Å². The van der Waals surface area contributed by atoms with Crippen LogP contribution in [0.3, 0.4) is 0 Å². The molecule has 14 heavy (non-hydrogen) atoms. The Morgan fingerprint density at radius 3 is 2.57 bits per heavy atom. The first-order chi connectivity index (χ1) is 6.15. The van der Waals surface area contributed by atoms with E-state index in [0.29, 0.717) is 13.0 Å². The first kappa shape index (κ1) is 13.4. The summed E-state index contributed by atoms with van der Waals surface area (Å²) in [5.41, 5.74) is 1.68. The Kier molecular flexibility index (Phi) is 5.72. The molecule has 0 aliphatic carbocycles. The van der Waals surface area contributed by atoms with Gasteiger partial charge in [0.25, 0.3) is 0 Å². The van der Waals surface area contributed by atoms with Gasteiger partial charge in [-0.2, -0.15) is 0 Å². The monoisotopic (exact) mass is 222 g/mol. The molecule has 0 amide bonds. The van der Waals surface area contributed by atoms with Crippen LogP contribution >= 0.6 is 12.4 Å². The molecule has 0 radical (unpaired) electrons. The van der Waals surface area contributed by atoms with Crippen molar-refractivity contribution in [3.63, 3.8) is 0 Å². The number of hydrogen-bond acceptors (Lipinski definition) is 3. The predicted octanol–water partition coefficient (Wildman–Crippen LogP) is 1.81. The van der Waals surface area contributed by atoms with Crippen LogP contribution in [0.1, 0.15) is 17.0 Å². The molecule has 0 saturated heterocycles. The van der Waals surface area contributed by atoms with Crippen LogP contribution in [-0.4, -0.2) is 24.9 Å². The van der Waals surface area contributed by atoms with Crippen molar-refractivity contribution in [1.82, 2.24) is 10.5 Å². The van der Waals surface area contributed by atoms with Crippen molar-refractivity contribution in [2.75, 3.05) is 13.6 Å². The highest BCUT2D eigenvalue weighted by Crippen LogP contribution is 2.15. The van der Waals surface area contributed by atoms with Gasteiger partial charge in [-0.15, -0.1) is 12.4 Å². The van der Waals surface area contributed by atoms with E-state index in [1.165, 1.54) is 0 Å². The molecule has 0 saturated carbocycles. The summed E-state index contributed by atoms with van der Waals surface area (Å²) in [7, 11) is 1.74. The maximum absolute atomic E-state index is 13.2. The maximum atomic E-state index is 13.2. The Bertz CT molecular complexity index is 258. The van der Waals surface area contributed by atoms with Crippen LogP contribution in [-0.2, 0) is 6.42 Å². The van der Waals surface area contributed by atoms with Crippen molar-refractivity contribution >= 4 is 12.4 Å². The van der Waals surface area contributed by atoms with Gasteiger partial charge in [-0.3, -0.25) is 0 Å². The standard InChI is InChI=1S/C9H15FN2O.ClH/c1-6-9(7(2)13-12-6)4-8(10)5-11-3;/h8,11H,4-5H2,1-3H3;1H. The summed E-state index contributed by atoms with van der Waals surface area (Å²) < 4.78 is 18.1. The summed E-state index contributed by atoms with van der Waals surface area (Å²) >= 11 is 0. The largest absolute Gasteiger partial charge is 0.361 e. The molecule has 82 valence electrons. The van der Waals surface area contributed by atoms with Gasteiger partial charge in [0, 0.05) is 18.5 Å². The number of aromatic nitrogens is 1. The second-order valence-electron chi connectivity index (χ2n) is 3.16. The van der Waals surface area contributed by atoms with Crippen LogP contribution in [0.25, 0.3) is 0 Å². The zero-order valence-corrected chi connectivity index (χ0v) is 9.45. The molecule has 0 fully saturated rings. The fraction of sp³-hybridized carbons (Fsp3) is 0.667. The zero-order valence-electron chi connectivity index (χ0n) is 8.63. The molecule has 1 unspecified atom stereocenters. The van der Waals surface area contributed by atoms with E-state index in [1.807, 2.05) is 6.92 Å². The van der Waals surface area contributed by atoms with Crippen LogP contribution in [0.2, 0.25) is 0 Å². The van der Waals surface area contributed by atoms with Crippen molar-refractivity contribution < 1.29 is 8.91 Å². The van der Waals surface area contributed by atoms with Crippen LogP contribution in [0.4, 0.5) is 4.39 Å². The average Bonchev–Trinajstić information content (AvgIpc) is 2.36. The highest BCUT2D eigenvalue weighted by Gasteiger charge is 2.14. The number of alkyl halides is 1. The van der Waals surface area contributed by atoms with E-state index in [9.17, 15) is 4.39 Å². The SMILES string of the molecule is CNCC(F)Cc1c(C)noc1C.Cl. The lowest BCUT2D eigenvalue weighted by molar-refractivity contribution is 0.322. The third-order valence-electron chi connectivity index (χ3n) is 2.03. The van der Waals surface area contributed by atoms with E-state index >= 15 is 0 Å². The maximum Gasteiger partial charge on any atom is 0.137 e. The molecular formula is C9H16ClFN2O. The van der Waals surface area contributed by atoms with Gasteiger partial charge in [-0.25, -0.2) is 4.39 Å². The summed E-state index contributed by atoms with van der Waals surface area (Å²) in [5, 5.41) is 6.56. The molecule has 1 heterocycles. The second kappa shape index (κ2) is 5.98. The lowest BCUT2D eigenvalue weighted by Crippen LogP contribution is -2.22. The van der Waals surface area contributed by atoms with E-state index in [4.69, 9.17) is 4.52 Å². The number of aryl methyl sites for hydroxylation is 2. The minimum atomic E-state index is -0.873. The number of hydrogen-bond donors (Lipinski definition) is 1. The van der Waals surface area contributed by atoms with E-state index in [-0.39, 0.29) is 12.4 Å². The highest BCUT2D eigenvalue weighted by molar-refractivity contribution is 5.85. The molecule has 1 N–H and O–H groups in total. The number of halogens is 2. The van der Waals surface area contributed by atoms with E-state index < -0.39 is 6.17 Å². The fourth-order valence-electron chi connectivity index (χ4n) is 1.31. The topological polar surface area (TPSA) is 38.1 Å². The molecule has 1 aromatic rings. The van der Waals surface area contributed by atoms with Gasteiger partial charge in [0.2, 0.25) is 0 Å². The molecule has 0 aliphatic heterocycles. The summed E-state index contributed by atoms with van der Waals surface area (Å²) in [6, 6.07) is 0. The Labute approximate surface area is 89.5 Å². The predicted molar refractivity (Wildman–Crippen MR) is 55.8 cm³/mol. The van der Waals surface area contributed by atoms with Gasteiger partial charge >= 0.3 is 0 Å². The van der Waals surface area contributed by atoms with Crippen LogP contribution < -0.4 is 5.32 Å². The molecular weight excluding hydrogens is 207 g/mol. The first-order valence-corrected chi connectivity index (χ1v) is 4.35. The Morgan fingerprint density at radius 1 is 1.50 bits per heavy atom. The summed E-state index contributed by atoms with van der Waals surface area (Å²) in [6.07, 6.45) is -0.496. The Balaban J connectivity index is 0.00000169. The van der Waals surface area contributed by atoms with Gasteiger partial charge in [0.05, 0.1) is 5.69 Å². The van der Waals surface area contributed by atoms with Crippen LogP contribution in [0.5, 0.6) is 0 Å². The summed E-state index contributed by atoms with van der Waals surface area (Å²) in [5.74, 6) is 0.719. The number of nitrogens with zero attached hydrogens (tertiary/aromatic N) is 1. The van der Waals surface area contributed by atoms with Gasteiger partial charge in [0.15, 0.2) is 0 Å². The van der Waals surface area contributed by atoms with Gasteiger partial charge in [-0.1, -0.05) is 5.16 Å². The molecule has 5 heteroatoms. The average molecular weight is 223 g/mol. The highest BCUT2D eigenvalue weighted by atomic mass is 35.5. The summed E-state index contributed by atoms with van der Waals surface area (Å²) in [6.45, 7) is 4.00. The molecule has 1 rings (SSSR count). The van der Waals surface area contributed by atoms with Crippen molar-refractivity contribution in [3.8, 4) is 0 Å². The zero-order chi connectivity index (χ0) is 9.84. The summed E-state index contributed by atoms with van der Waals surface area (Å²) in [4.78, 5) is 0. The van der Waals surface area contributed by atoms with Crippen LogP contribution in [0, 0.1) is 13.8 Å². The molecule has 0 bridgehead atoms. The van der Waals surface area contributed by atoms with E-state index in [2.05, 4.69) is 10.5 Å². The normalized spacial score (nSPS) is 12.3. The van der Waals surface area contributed by atoms with Crippen molar-refractivity contribution in [3.05, 3.63) is 17.0 Å². The minimum Gasteiger partial charge on any atom is -0.361 e. The smallest absolute Gasteiger partial charge is 0.137 e. The van der Waals surface area contributed by atoms with Gasteiger partial charge in [0.1, 0.15) is 11.9 Å². The number of nitrogens with one attached hydrogen (secondary N) is 1. The van der Waals surface area contributed by atoms with Gasteiger partial charge < -0.3 is 9.84 Å². The third-order valence-corrected chi connectivity index (χ3v) is 2.03. The second-order valence-corrected chi connectivity index (χ2v) is 3.16. The Morgan fingerprint density at radius 2 is 2.14 bits per heavy atom. The third kappa shape index (κ3) is 3.27. The van der Waals surface area contributed by atoms with Crippen molar-refractivity contribution in [2.45, 2.75) is 26.4 Å². The van der Waals surface area contributed by atoms with Crippen molar-refractivity contribution in [1.29, 1.82) is 0 Å². The lowest BCUT2D eigenvalue weighted by Gasteiger charge is -2.06. The van der Waals surface area contributed by atoms with E-state index in [1.54, 1.807) is 14.0 Å². The Hall–Kier alpha value is -0.610. The molecule has 0 aliphatic rings. The minimum absolute atomic E-state index is 0. The lowest BCUT2D eigenvalue weighted by atomic mass is 10.1.